The fraction of sp³-hybridized carbons (Fsp3) is 0.690. The number of Topliss-reactive ketones (excluding diaryl/α,β-unsaturated/α-hetero) is 1. The van der Waals surface area contributed by atoms with Gasteiger partial charge in [-0.1, -0.05) is 12.7 Å². The fourth-order valence-electron chi connectivity index (χ4n) is 6.92. The number of ketones is 1. The highest BCUT2D eigenvalue weighted by molar-refractivity contribution is 6.05. The number of ether oxygens (including phenoxy) is 4. The molecule has 4 aliphatic heterocycles. The molecule has 2 bridgehead atoms. The van der Waals surface area contributed by atoms with Crippen molar-refractivity contribution in [3.05, 3.63) is 23.8 Å². The first kappa shape index (κ1) is 31.8. The SMILES string of the molecule is C=C(C(=O)OC)[C@]12O[C@@](C)(CC[C@@]3(O)/C(=C\C)C(=O)O[C@]3(C)C[C@@H]1OC(=O)[C@H](CO)CN1CCC[C@@H]1C(=O)O)CC2=O. The Morgan fingerprint density at radius 1 is 1.24 bits per heavy atom. The Bertz CT molecular complexity index is 1230. The van der Waals surface area contributed by atoms with Gasteiger partial charge in [0.05, 0.1) is 36.4 Å². The van der Waals surface area contributed by atoms with Crippen LogP contribution in [0.1, 0.15) is 59.3 Å². The van der Waals surface area contributed by atoms with Crippen molar-refractivity contribution in [1.29, 1.82) is 0 Å². The molecule has 0 aromatic carbocycles. The molecule has 3 N–H and O–H groups in total. The van der Waals surface area contributed by atoms with E-state index in [1.807, 2.05) is 0 Å². The molecule has 4 aliphatic rings. The van der Waals surface area contributed by atoms with Gasteiger partial charge < -0.3 is 34.3 Å². The first-order valence-electron chi connectivity index (χ1n) is 14.0. The summed E-state index contributed by atoms with van der Waals surface area (Å²) in [5.74, 6) is -5.67. The number of aliphatic hydroxyl groups is 2. The van der Waals surface area contributed by atoms with Gasteiger partial charge in [-0.15, -0.1) is 0 Å². The first-order chi connectivity index (χ1) is 19.6. The molecule has 4 saturated heterocycles. The minimum atomic E-state index is -2.26. The number of carboxylic acid groups (broad SMARTS) is 1. The Labute approximate surface area is 243 Å². The molecular weight excluding hydrogens is 554 g/mol. The predicted molar refractivity (Wildman–Crippen MR) is 143 cm³/mol. The van der Waals surface area contributed by atoms with Crippen molar-refractivity contribution < 1.29 is 58.2 Å². The van der Waals surface area contributed by atoms with E-state index in [0.29, 0.717) is 19.4 Å². The van der Waals surface area contributed by atoms with Crippen LogP contribution in [-0.2, 0) is 42.9 Å². The van der Waals surface area contributed by atoms with Crippen LogP contribution < -0.4 is 0 Å². The van der Waals surface area contributed by atoms with Gasteiger partial charge in [0.15, 0.2) is 11.4 Å². The lowest BCUT2D eigenvalue weighted by Gasteiger charge is -2.42. The number of esters is 3. The number of aliphatic hydroxyl groups excluding tert-OH is 1. The number of aliphatic carboxylic acids is 1. The Balaban J connectivity index is 1.80. The van der Waals surface area contributed by atoms with Gasteiger partial charge >= 0.3 is 23.9 Å². The maximum atomic E-state index is 13.9. The maximum Gasteiger partial charge on any atom is 0.337 e. The molecule has 232 valence electrons. The molecular formula is C29H39NO12. The zero-order valence-corrected chi connectivity index (χ0v) is 24.3. The Morgan fingerprint density at radius 3 is 2.52 bits per heavy atom. The van der Waals surface area contributed by atoms with Crippen LogP contribution in [0, 0.1) is 5.92 Å². The van der Waals surface area contributed by atoms with Gasteiger partial charge in [-0.2, -0.15) is 0 Å². The third-order valence-corrected chi connectivity index (χ3v) is 9.34. The summed E-state index contributed by atoms with van der Waals surface area (Å²) in [5, 5.41) is 31.7. The summed E-state index contributed by atoms with van der Waals surface area (Å²) in [5.41, 5.74) is -7.54. The summed E-state index contributed by atoms with van der Waals surface area (Å²) in [6.45, 7) is 7.98. The number of methoxy groups -OCH3 is 1. The molecule has 4 rings (SSSR count). The summed E-state index contributed by atoms with van der Waals surface area (Å²) >= 11 is 0. The van der Waals surface area contributed by atoms with Crippen molar-refractivity contribution in [2.45, 2.75) is 93.8 Å². The molecule has 7 atom stereocenters. The summed E-state index contributed by atoms with van der Waals surface area (Å²) in [6.07, 6.45) is 0.0729. The second-order valence-electron chi connectivity index (χ2n) is 12.0. The first-order valence-corrected chi connectivity index (χ1v) is 14.0. The highest BCUT2D eigenvalue weighted by atomic mass is 16.6. The van der Waals surface area contributed by atoms with Crippen LogP contribution in [0.25, 0.3) is 0 Å². The maximum absolute atomic E-state index is 13.9. The Kier molecular flexibility index (Phi) is 8.46. The van der Waals surface area contributed by atoms with Gasteiger partial charge in [-0.05, 0) is 53.0 Å². The smallest absolute Gasteiger partial charge is 0.337 e. The van der Waals surface area contributed by atoms with E-state index in [9.17, 15) is 39.3 Å². The monoisotopic (exact) mass is 593 g/mol. The molecule has 0 aliphatic carbocycles. The van der Waals surface area contributed by atoms with Gasteiger partial charge in [0.25, 0.3) is 0 Å². The second-order valence-corrected chi connectivity index (χ2v) is 12.0. The van der Waals surface area contributed by atoms with E-state index >= 15 is 0 Å². The number of hydrogen-bond donors (Lipinski definition) is 3. The summed E-state index contributed by atoms with van der Waals surface area (Å²) in [4.78, 5) is 66.5. The lowest BCUT2D eigenvalue weighted by Crippen LogP contribution is -2.59. The topological polar surface area (TPSA) is 186 Å². The molecule has 0 spiro atoms. The average molecular weight is 594 g/mol. The molecule has 4 heterocycles. The minimum absolute atomic E-state index is 0.00519. The fourth-order valence-corrected chi connectivity index (χ4v) is 6.92. The van der Waals surface area contributed by atoms with Crippen molar-refractivity contribution in [2.75, 3.05) is 26.8 Å². The minimum Gasteiger partial charge on any atom is -0.480 e. The lowest BCUT2D eigenvalue weighted by atomic mass is 9.69. The number of hydrogen-bond acceptors (Lipinski definition) is 12. The summed E-state index contributed by atoms with van der Waals surface area (Å²) < 4.78 is 22.9. The van der Waals surface area contributed by atoms with Gasteiger partial charge in [-0.3, -0.25) is 19.3 Å². The van der Waals surface area contributed by atoms with E-state index in [4.69, 9.17) is 18.9 Å². The van der Waals surface area contributed by atoms with Crippen LogP contribution in [0.2, 0.25) is 0 Å². The zero-order valence-electron chi connectivity index (χ0n) is 24.3. The second kappa shape index (κ2) is 11.2. The molecule has 0 aromatic rings. The number of carbonyl (C=O) groups excluding carboxylic acids is 4. The van der Waals surface area contributed by atoms with E-state index in [2.05, 4.69) is 6.58 Å². The van der Waals surface area contributed by atoms with Crippen LogP contribution >= 0.6 is 0 Å². The standard InChI is InChI=1S/C29H39NO12/c1-6-18-25(37)41-27(4)13-21(40-24(36)17(15-31)14-30-11-7-8-19(30)22(33)34)29(16(2)23(35)39-5)20(32)12-26(3,42-29)9-10-28(18,27)38/h6,17,19,21,31,38H,2,7-15H2,1,3-5H3,(H,33,34)/b18-6-/t17-,19+,21-,26-,27+,28+,29+/m0/s1. The molecule has 0 unspecified atom stereocenters. The van der Waals surface area contributed by atoms with Crippen LogP contribution in [0.4, 0.5) is 0 Å². The number of likely N-dealkylation sites (tertiary alicyclic amines) is 1. The number of rotatable bonds is 8. The average Bonchev–Trinajstić information content (AvgIpc) is 3.56. The van der Waals surface area contributed by atoms with Crippen molar-refractivity contribution in [2.24, 2.45) is 5.92 Å². The van der Waals surface area contributed by atoms with Gasteiger partial charge in [0.2, 0.25) is 0 Å². The molecule has 13 heteroatoms. The van der Waals surface area contributed by atoms with Gasteiger partial charge in [0, 0.05) is 19.4 Å². The molecule has 0 amide bonds. The molecule has 0 radical (unpaired) electrons. The number of carbonyl (C=O) groups is 5. The molecule has 42 heavy (non-hydrogen) atoms. The predicted octanol–water partition coefficient (Wildman–Crippen LogP) is 0.449. The third kappa shape index (κ3) is 4.95. The third-order valence-electron chi connectivity index (χ3n) is 9.34. The zero-order chi connectivity index (χ0) is 31.3. The van der Waals surface area contributed by atoms with Gasteiger partial charge in [-0.25, -0.2) is 9.59 Å². The van der Waals surface area contributed by atoms with Crippen LogP contribution in [-0.4, -0.2) is 111 Å². The number of nitrogens with zero attached hydrogens (tertiary/aromatic N) is 1. The van der Waals surface area contributed by atoms with Crippen molar-refractivity contribution >= 4 is 29.7 Å². The summed E-state index contributed by atoms with van der Waals surface area (Å²) in [6, 6.07) is -0.839. The highest BCUT2D eigenvalue weighted by Crippen LogP contribution is 2.55. The number of allylic oxidation sites excluding steroid dienone is 1. The Morgan fingerprint density at radius 2 is 1.93 bits per heavy atom. The number of fused-ring (bicyclic) bond motifs is 3. The van der Waals surface area contributed by atoms with E-state index < -0.39 is 88.7 Å². The summed E-state index contributed by atoms with van der Waals surface area (Å²) in [7, 11) is 1.09. The van der Waals surface area contributed by atoms with Crippen molar-refractivity contribution in [3.8, 4) is 0 Å². The van der Waals surface area contributed by atoms with E-state index in [1.54, 1.807) is 18.7 Å². The van der Waals surface area contributed by atoms with E-state index in [0.717, 1.165) is 7.11 Å². The normalized spacial score (nSPS) is 38.2. The van der Waals surface area contributed by atoms with Crippen molar-refractivity contribution in [1.82, 2.24) is 4.90 Å². The molecule has 0 aromatic heterocycles. The lowest BCUT2D eigenvalue weighted by molar-refractivity contribution is -0.194. The molecule has 13 nitrogen and oxygen atoms in total. The van der Waals surface area contributed by atoms with Crippen LogP contribution in [0.3, 0.4) is 0 Å². The van der Waals surface area contributed by atoms with Crippen LogP contribution in [0.5, 0.6) is 0 Å². The highest BCUT2D eigenvalue weighted by Gasteiger charge is 2.69. The molecule has 4 fully saturated rings. The molecule has 0 saturated carbocycles. The van der Waals surface area contributed by atoms with E-state index in [1.165, 1.54) is 13.0 Å². The van der Waals surface area contributed by atoms with E-state index in [-0.39, 0.29) is 31.4 Å². The van der Waals surface area contributed by atoms with Gasteiger partial charge in [0.1, 0.15) is 23.3 Å². The quantitative estimate of drug-likeness (QED) is 0.200. The van der Waals surface area contributed by atoms with Crippen LogP contribution in [0.15, 0.2) is 23.8 Å². The van der Waals surface area contributed by atoms with Crippen molar-refractivity contribution in [3.63, 3.8) is 0 Å². The Hall–Kier alpha value is -3.13. The largest absolute Gasteiger partial charge is 0.480 e. The number of carboxylic acids is 1.